The monoisotopic (exact) mass is 348 g/mol. The molecule has 2 fully saturated rings. The second-order valence-electron chi connectivity index (χ2n) is 6.63. The summed E-state index contributed by atoms with van der Waals surface area (Å²) >= 11 is 0. The van der Waals surface area contributed by atoms with Crippen LogP contribution in [0.15, 0.2) is 0 Å². The van der Waals surface area contributed by atoms with Gasteiger partial charge in [0, 0.05) is 32.5 Å². The van der Waals surface area contributed by atoms with Crippen molar-refractivity contribution in [2.24, 2.45) is 5.92 Å². The van der Waals surface area contributed by atoms with Crippen molar-refractivity contribution in [1.29, 1.82) is 0 Å². The Kier molecular flexibility index (Phi) is 5.03. The first kappa shape index (κ1) is 18.2. The second kappa shape index (κ2) is 6.37. The number of hydrogen-bond acceptors (Lipinski definition) is 5. The Hall–Kier alpha value is -1.19. The number of aliphatic carboxylic acids is 1. The van der Waals surface area contributed by atoms with E-state index >= 15 is 0 Å². The van der Waals surface area contributed by atoms with Crippen molar-refractivity contribution in [2.45, 2.75) is 44.8 Å². The van der Waals surface area contributed by atoms with Crippen LogP contribution in [-0.2, 0) is 19.6 Å². The van der Waals surface area contributed by atoms with Crippen molar-refractivity contribution in [3.05, 3.63) is 0 Å². The number of amides is 1. The van der Waals surface area contributed by atoms with Crippen LogP contribution >= 0.6 is 0 Å². The topological polar surface area (TPSA) is 115 Å². The van der Waals surface area contributed by atoms with Crippen LogP contribution in [0.25, 0.3) is 0 Å². The van der Waals surface area contributed by atoms with Crippen LogP contribution in [-0.4, -0.2) is 76.7 Å². The Bertz CT molecular complexity index is 580. The third-order valence-electron chi connectivity index (χ3n) is 4.63. The molecule has 2 N–H and O–H groups in total. The molecule has 2 heterocycles. The minimum absolute atomic E-state index is 0.0500. The summed E-state index contributed by atoms with van der Waals surface area (Å²) in [6.07, 6.45) is 0.412. The number of sulfonamides is 1. The van der Waals surface area contributed by atoms with Gasteiger partial charge in [-0.3, -0.25) is 4.79 Å². The van der Waals surface area contributed by atoms with Gasteiger partial charge < -0.3 is 15.1 Å². The normalized spacial score (nSPS) is 25.5. The lowest BCUT2D eigenvalue weighted by Crippen LogP contribution is -2.56. The molecule has 1 amide bonds. The Morgan fingerprint density at radius 2 is 1.70 bits per heavy atom. The Balaban J connectivity index is 2.13. The van der Waals surface area contributed by atoms with Crippen LogP contribution in [0, 0.1) is 5.92 Å². The van der Waals surface area contributed by atoms with E-state index in [0.29, 0.717) is 13.0 Å². The number of nitrogens with zero attached hydrogens (tertiary/aromatic N) is 2. The number of hydrogen-bond donors (Lipinski definition) is 2. The van der Waals surface area contributed by atoms with Crippen LogP contribution in [0.3, 0.4) is 0 Å². The molecule has 2 aliphatic rings. The van der Waals surface area contributed by atoms with Crippen LogP contribution in [0.2, 0.25) is 0 Å². The number of carboxylic acid groups (broad SMARTS) is 1. The van der Waals surface area contributed by atoms with Crippen molar-refractivity contribution >= 4 is 21.9 Å². The van der Waals surface area contributed by atoms with E-state index in [0.717, 1.165) is 0 Å². The fraction of sp³-hybridized carbons (Fsp3) is 0.857. The summed E-state index contributed by atoms with van der Waals surface area (Å²) in [6, 6.07) is -0.765. The molecular weight excluding hydrogens is 324 g/mol. The lowest BCUT2D eigenvalue weighted by atomic mass is 9.90. The van der Waals surface area contributed by atoms with Gasteiger partial charge in [-0.05, 0) is 12.3 Å². The highest BCUT2D eigenvalue weighted by molar-refractivity contribution is 7.89. The standard InChI is InChI=1S/C14H24N2O6S/c1-10(2)11(16-6-3-9-23(16,21)22)12(17)15-7-4-14(20,5-8-15)13(18)19/h10-11,20H,3-9H2,1-2H3,(H,18,19). The maximum atomic E-state index is 12.8. The molecule has 0 aliphatic carbocycles. The van der Waals surface area contributed by atoms with Gasteiger partial charge in [0.05, 0.1) is 5.75 Å². The molecule has 1 unspecified atom stereocenters. The van der Waals surface area contributed by atoms with Crippen LogP contribution in [0.1, 0.15) is 33.1 Å². The predicted octanol–water partition coefficient (Wildman–Crippen LogP) is -0.515. The molecule has 9 heteroatoms. The number of aliphatic hydroxyl groups is 1. The highest BCUT2D eigenvalue weighted by atomic mass is 32.2. The fourth-order valence-electron chi connectivity index (χ4n) is 3.21. The minimum atomic E-state index is -3.41. The highest BCUT2D eigenvalue weighted by Gasteiger charge is 2.45. The first-order valence-corrected chi connectivity index (χ1v) is 9.43. The first-order valence-electron chi connectivity index (χ1n) is 7.82. The Morgan fingerprint density at radius 1 is 1.13 bits per heavy atom. The van der Waals surface area contributed by atoms with Crippen molar-refractivity contribution in [3.8, 4) is 0 Å². The van der Waals surface area contributed by atoms with Gasteiger partial charge in [-0.2, -0.15) is 4.31 Å². The summed E-state index contributed by atoms with van der Waals surface area (Å²) < 4.78 is 25.5. The van der Waals surface area contributed by atoms with Gasteiger partial charge in [0.1, 0.15) is 6.04 Å². The van der Waals surface area contributed by atoms with E-state index in [4.69, 9.17) is 5.11 Å². The number of carbonyl (C=O) groups is 2. The lowest BCUT2D eigenvalue weighted by molar-refractivity contribution is -0.166. The minimum Gasteiger partial charge on any atom is -0.479 e. The fourth-order valence-corrected chi connectivity index (χ4v) is 5.03. The highest BCUT2D eigenvalue weighted by Crippen LogP contribution is 2.27. The van der Waals surface area contributed by atoms with E-state index in [9.17, 15) is 23.1 Å². The van der Waals surface area contributed by atoms with E-state index in [2.05, 4.69) is 0 Å². The third kappa shape index (κ3) is 3.51. The van der Waals surface area contributed by atoms with Crippen LogP contribution in [0.4, 0.5) is 0 Å². The van der Waals surface area contributed by atoms with E-state index < -0.39 is 27.6 Å². The summed E-state index contributed by atoms with van der Waals surface area (Å²) in [4.78, 5) is 25.3. The number of piperidine rings is 1. The maximum Gasteiger partial charge on any atom is 0.335 e. The Morgan fingerprint density at radius 3 is 2.09 bits per heavy atom. The zero-order valence-electron chi connectivity index (χ0n) is 13.4. The number of carbonyl (C=O) groups excluding carboxylic acids is 1. The molecule has 0 saturated carbocycles. The number of likely N-dealkylation sites (tertiary alicyclic amines) is 1. The smallest absolute Gasteiger partial charge is 0.335 e. The van der Waals surface area contributed by atoms with Gasteiger partial charge in [0.2, 0.25) is 15.9 Å². The maximum absolute atomic E-state index is 12.8. The Labute approximate surface area is 136 Å². The van der Waals surface area contributed by atoms with Gasteiger partial charge in [0.25, 0.3) is 0 Å². The van der Waals surface area contributed by atoms with Gasteiger partial charge in [-0.15, -0.1) is 0 Å². The molecule has 23 heavy (non-hydrogen) atoms. The first-order chi connectivity index (χ1) is 10.6. The second-order valence-corrected chi connectivity index (χ2v) is 8.67. The van der Waals surface area contributed by atoms with E-state index in [1.54, 1.807) is 13.8 Å². The average molecular weight is 348 g/mol. The van der Waals surface area contributed by atoms with E-state index in [1.165, 1.54) is 9.21 Å². The molecule has 1 atom stereocenters. The van der Waals surface area contributed by atoms with E-state index in [-0.39, 0.29) is 43.5 Å². The predicted molar refractivity (Wildman–Crippen MR) is 82.1 cm³/mol. The van der Waals surface area contributed by atoms with Crippen molar-refractivity contribution in [3.63, 3.8) is 0 Å². The molecule has 2 aliphatic heterocycles. The van der Waals surface area contributed by atoms with Crippen molar-refractivity contribution in [1.82, 2.24) is 9.21 Å². The number of rotatable bonds is 4. The van der Waals surface area contributed by atoms with Crippen molar-refractivity contribution < 1.29 is 28.2 Å². The van der Waals surface area contributed by atoms with Crippen LogP contribution in [0.5, 0.6) is 0 Å². The summed E-state index contributed by atoms with van der Waals surface area (Å²) in [6.45, 7) is 4.16. The van der Waals surface area contributed by atoms with Gasteiger partial charge in [0.15, 0.2) is 5.60 Å². The van der Waals surface area contributed by atoms with Gasteiger partial charge in [-0.25, -0.2) is 13.2 Å². The number of carboxylic acids is 1. The molecule has 2 saturated heterocycles. The molecule has 8 nitrogen and oxygen atoms in total. The van der Waals surface area contributed by atoms with Crippen LogP contribution < -0.4 is 0 Å². The largest absolute Gasteiger partial charge is 0.479 e. The third-order valence-corrected chi connectivity index (χ3v) is 6.56. The summed E-state index contributed by atoms with van der Waals surface area (Å²) in [7, 11) is -3.41. The lowest BCUT2D eigenvalue weighted by Gasteiger charge is -2.39. The molecule has 0 aromatic rings. The molecule has 132 valence electrons. The van der Waals surface area contributed by atoms with Gasteiger partial charge >= 0.3 is 5.97 Å². The quantitative estimate of drug-likeness (QED) is 0.707. The molecular formula is C14H24N2O6S. The summed E-state index contributed by atoms with van der Waals surface area (Å²) in [5, 5.41) is 19.0. The average Bonchev–Trinajstić information content (AvgIpc) is 2.79. The zero-order chi connectivity index (χ0) is 17.4. The zero-order valence-corrected chi connectivity index (χ0v) is 14.3. The summed E-state index contributed by atoms with van der Waals surface area (Å²) in [5.41, 5.74) is -1.80. The SMILES string of the molecule is CC(C)C(C(=O)N1CCC(O)(C(=O)O)CC1)N1CCCS1(=O)=O. The van der Waals surface area contributed by atoms with Gasteiger partial charge in [-0.1, -0.05) is 13.8 Å². The summed E-state index contributed by atoms with van der Waals surface area (Å²) in [5.74, 6) is -1.72. The molecule has 0 radical (unpaired) electrons. The van der Waals surface area contributed by atoms with Crippen molar-refractivity contribution in [2.75, 3.05) is 25.4 Å². The molecule has 0 spiro atoms. The molecule has 0 bridgehead atoms. The molecule has 0 aromatic heterocycles. The van der Waals surface area contributed by atoms with E-state index in [1.807, 2.05) is 0 Å². The molecule has 2 rings (SSSR count). The molecule has 0 aromatic carbocycles.